The number of benzene rings is 2. The SMILES string of the molecule is CCOc1c(OC)cc(-c2nc(C(N)=O)cc3cc4c(cc23)OCCO4)cc1OC. The van der Waals surface area contributed by atoms with Gasteiger partial charge in [-0.05, 0) is 42.6 Å². The van der Waals surface area contributed by atoms with Crippen molar-refractivity contribution >= 4 is 16.7 Å². The van der Waals surface area contributed by atoms with Gasteiger partial charge in [-0.25, -0.2) is 4.98 Å². The van der Waals surface area contributed by atoms with Crippen LogP contribution >= 0.6 is 0 Å². The molecule has 1 aromatic heterocycles. The Balaban J connectivity index is 2.00. The Morgan fingerprint density at radius 3 is 2.23 bits per heavy atom. The summed E-state index contributed by atoms with van der Waals surface area (Å²) in [7, 11) is 3.10. The van der Waals surface area contributed by atoms with Gasteiger partial charge in [-0.2, -0.15) is 0 Å². The van der Waals surface area contributed by atoms with Gasteiger partial charge < -0.3 is 29.4 Å². The number of rotatable bonds is 6. The lowest BCUT2D eigenvalue weighted by atomic mass is 10.0. The molecule has 1 aliphatic heterocycles. The van der Waals surface area contributed by atoms with Crippen LogP contribution in [0.15, 0.2) is 30.3 Å². The number of hydrogen-bond acceptors (Lipinski definition) is 7. The normalized spacial score (nSPS) is 12.5. The average Bonchev–Trinajstić information content (AvgIpc) is 2.77. The summed E-state index contributed by atoms with van der Waals surface area (Å²) in [6, 6.07) is 8.90. The lowest BCUT2D eigenvalue weighted by molar-refractivity contribution is 0.0996. The van der Waals surface area contributed by atoms with Crippen LogP contribution in [-0.2, 0) is 0 Å². The second-order valence-electron chi connectivity index (χ2n) is 6.58. The lowest BCUT2D eigenvalue weighted by Gasteiger charge is -2.20. The number of amides is 1. The first-order chi connectivity index (χ1) is 14.5. The van der Waals surface area contributed by atoms with Crippen molar-refractivity contribution in [1.29, 1.82) is 0 Å². The molecule has 0 spiro atoms. The number of carbonyl (C=O) groups excluding carboxylic acids is 1. The third-order valence-corrected chi connectivity index (χ3v) is 4.77. The second kappa shape index (κ2) is 7.98. The standard InChI is InChI=1S/C22H22N2O6/c1-4-28-21-18(26-2)9-13(10-19(21)27-3)20-14-11-17-16(29-5-6-30-17)8-12(14)7-15(24-20)22(23)25/h7-11H,4-6H2,1-3H3,(H2,23,25). The van der Waals surface area contributed by atoms with E-state index < -0.39 is 5.91 Å². The van der Waals surface area contributed by atoms with Crippen LogP contribution in [0.4, 0.5) is 0 Å². The fourth-order valence-electron chi connectivity index (χ4n) is 3.44. The van der Waals surface area contributed by atoms with Crippen molar-refractivity contribution in [2.45, 2.75) is 6.92 Å². The second-order valence-corrected chi connectivity index (χ2v) is 6.58. The molecular weight excluding hydrogens is 388 g/mol. The smallest absolute Gasteiger partial charge is 0.267 e. The molecule has 8 heteroatoms. The van der Waals surface area contributed by atoms with Crippen LogP contribution in [0.25, 0.3) is 22.0 Å². The van der Waals surface area contributed by atoms with Crippen LogP contribution in [0, 0.1) is 0 Å². The highest BCUT2D eigenvalue weighted by Crippen LogP contribution is 2.44. The summed E-state index contributed by atoms with van der Waals surface area (Å²) in [4.78, 5) is 16.5. The summed E-state index contributed by atoms with van der Waals surface area (Å²) < 4.78 is 28.1. The van der Waals surface area contributed by atoms with Crippen LogP contribution in [-0.4, -0.2) is 44.9 Å². The summed E-state index contributed by atoms with van der Waals surface area (Å²) >= 11 is 0. The van der Waals surface area contributed by atoms with Crippen LogP contribution in [0.3, 0.4) is 0 Å². The predicted molar refractivity (Wildman–Crippen MR) is 111 cm³/mol. The van der Waals surface area contributed by atoms with Gasteiger partial charge in [-0.15, -0.1) is 0 Å². The number of carbonyl (C=O) groups is 1. The maximum atomic E-state index is 11.9. The molecule has 0 bridgehead atoms. The first-order valence-electron chi connectivity index (χ1n) is 9.49. The Morgan fingerprint density at radius 2 is 1.67 bits per heavy atom. The molecule has 156 valence electrons. The van der Waals surface area contributed by atoms with Gasteiger partial charge in [-0.1, -0.05) is 0 Å². The van der Waals surface area contributed by atoms with Crippen LogP contribution in [0.1, 0.15) is 17.4 Å². The number of hydrogen-bond donors (Lipinski definition) is 1. The largest absolute Gasteiger partial charge is 0.493 e. The van der Waals surface area contributed by atoms with Gasteiger partial charge in [0, 0.05) is 10.9 Å². The lowest BCUT2D eigenvalue weighted by Crippen LogP contribution is -2.16. The average molecular weight is 410 g/mol. The number of pyridine rings is 1. The third kappa shape index (κ3) is 3.41. The van der Waals surface area contributed by atoms with Crippen LogP contribution in [0.2, 0.25) is 0 Å². The van der Waals surface area contributed by atoms with Gasteiger partial charge in [0.2, 0.25) is 5.75 Å². The number of ether oxygens (including phenoxy) is 5. The molecule has 0 atom stereocenters. The highest BCUT2D eigenvalue weighted by molar-refractivity contribution is 6.02. The molecule has 0 aliphatic carbocycles. The summed E-state index contributed by atoms with van der Waals surface area (Å²) in [5.41, 5.74) is 6.90. The molecule has 2 heterocycles. The molecule has 2 N–H and O–H groups in total. The minimum absolute atomic E-state index is 0.140. The Bertz CT molecular complexity index is 1100. The van der Waals surface area contributed by atoms with E-state index >= 15 is 0 Å². The molecule has 1 aliphatic rings. The van der Waals surface area contributed by atoms with Crippen molar-refractivity contribution in [3.8, 4) is 40.0 Å². The zero-order valence-corrected chi connectivity index (χ0v) is 17.0. The monoisotopic (exact) mass is 410 g/mol. The van der Waals surface area contributed by atoms with Gasteiger partial charge >= 0.3 is 0 Å². The fourth-order valence-corrected chi connectivity index (χ4v) is 3.44. The van der Waals surface area contributed by atoms with Crippen LogP contribution < -0.4 is 29.4 Å². The highest BCUT2D eigenvalue weighted by atomic mass is 16.6. The number of methoxy groups -OCH3 is 2. The van der Waals surface area contributed by atoms with E-state index in [0.29, 0.717) is 59.8 Å². The topological polar surface area (TPSA) is 102 Å². The molecule has 3 aromatic rings. The Labute approximate surface area is 173 Å². The number of aromatic nitrogens is 1. The molecule has 0 saturated heterocycles. The summed E-state index contributed by atoms with van der Waals surface area (Å²) in [5, 5.41) is 1.53. The van der Waals surface area contributed by atoms with Gasteiger partial charge in [-0.3, -0.25) is 4.79 Å². The Hall–Kier alpha value is -3.68. The molecule has 0 saturated carbocycles. The molecule has 0 fully saturated rings. The van der Waals surface area contributed by atoms with Crippen molar-refractivity contribution in [2.24, 2.45) is 5.73 Å². The van der Waals surface area contributed by atoms with Crippen LogP contribution in [0.5, 0.6) is 28.7 Å². The van der Waals surface area contributed by atoms with E-state index in [1.807, 2.05) is 19.1 Å². The zero-order valence-electron chi connectivity index (χ0n) is 17.0. The first-order valence-corrected chi connectivity index (χ1v) is 9.49. The molecule has 0 unspecified atom stereocenters. The van der Waals surface area contributed by atoms with E-state index in [1.165, 1.54) is 0 Å². The number of fused-ring (bicyclic) bond motifs is 2. The van der Waals surface area contributed by atoms with E-state index in [-0.39, 0.29) is 5.69 Å². The van der Waals surface area contributed by atoms with Crippen molar-refractivity contribution in [3.05, 3.63) is 36.0 Å². The van der Waals surface area contributed by atoms with E-state index in [1.54, 1.807) is 32.4 Å². The minimum atomic E-state index is -0.627. The van der Waals surface area contributed by atoms with Crippen molar-refractivity contribution < 1.29 is 28.5 Å². The molecule has 0 radical (unpaired) electrons. The summed E-state index contributed by atoms with van der Waals surface area (Å²) in [6.45, 7) is 3.26. The van der Waals surface area contributed by atoms with Gasteiger partial charge in [0.15, 0.2) is 23.0 Å². The summed E-state index contributed by atoms with van der Waals surface area (Å²) in [6.07, 6.45) is 0. The van der Waals surface area contributed by atoms with Gasteiger partial charge in [0.05, 0.1) is 26.5 Å². The van der Waals surface area contributed by atoms with Crippen molar-refractivity contribution in [3.63, 3.8) is 0 Å². The van der Waals surface area contributed by atoms with Crippen molar-refractivity contribution in [1.82, 2.24) is 4.98 Å². The maximum absolute atomic E-state index is 11.9. The number of nitrogens with two attached hydrogens (primary N) is 1. The van der Waals surface area contributed by atoms with E-state index in [4.69, 9.17) is 29.4 Å². The zero-order chi connectivity index (χ0) is 21.3. The minimum Gasteiger partial charge on any atom is -0.493 e. The third-order valence-electron chi connectivity index (χ3n) is 4.77. The first kappa shape index (κ1) is 19.6. The van der Waals surface area contributed by atoms with Crippen molar-refractivity contribution in [2.75, 3.05) is 34.0 Å². The highest BCUT2D eigenvalue weighted by Gasteiger charge is 2.21. The fraction of sp³-hybridized carbons (Fsp3) is 0.273. The van der Waals surface area contributed by atoms with Gasteiger partial charge in [0.25, 0.3) is 5.91 Å². The molecule has 30 heavy (non-hydrogen) atoms. The molecule has 4 rings (SSSR count). The Morgan fingerprint density at radius 1 is 1.03 bits per heavy atom. The molecule has 1 amide bonds. The molecular formula is C22H22N2O6. The quantitative estimate of drug-likeness (QED) is 0.666. The maximum Gasteiger partial charge on any atom is 0.267 e. The Kier molecular flexibility index (Phi) is 5.22. The van der Waals surface area contributed by atoms with Gasteiger partial charge in [0.1, 0.15) is 18.9 Å². The van der Waals surface area contributed by atoms with E-state index in [2.05, 4.69) is 4.98 Å². The predicted octanol–water partition coefficient (Wildman–Crippen LogP) is 3.19. The van der Waals surface area contributed by atoms with E-state index in [9.17, 15) is 4.79 Å². The molecule has 2 aromatic carbocycles. The van der Waals surface area contributed by atoms with E-state index in [0.717, 1.165) is 10.8 Å². The summed E-state index contributed by atoms with van der Waals surface area (Å²) in [5.74, 6) is 2.08. The molecule has 8 nitrogen and oxygen atoms in total. The number of primary amides is 1. The number of nitrogens with zero attached hydrogens (tertiary/aromatic N) is 1.